The number of amides is 1. The second-order valence-electron chi connectivity index (χ2n) is 6.30. The van der Waals surface area contributed by atoms with Crippen molar-refractivity contribution in [3.63, 3.8) is 0 Å². The molecule has 1 aromatic heterocycles. The SMILES string of the molecule is C[C@@H](Sc1nnc(SCc2cccc3ccccc23)s1)C(=O)NC1CC1. The first kappa shape index (κ1) is 17.8. The zero-order chi connectivity index (χ0) is 17.9. The molecule has 4 rings (SSSR count). The van der Waals surface area contributed by atoms with E-state index in [9.17, 15) is 4.79 Å². The summed E-state index contributed by atoms with van der Waals surface area (Å²) in [6.07, 6.45) is 2.22. The summed E-state index contributed by atoms with van der Waals surface area (Å²) in [6, 6.07) is 15.2. The van der Waals surface area contributed by atoms with Gasteiger partial charge in [0.2, 0.25) is 5.91 Å². The molecule has 7 heteroatoms. The highest BCUT2D eigenvalue weighted by atomic mass is 32.2. The minimum atomic E-state index is -0.139. The van der Waals surface area contributed by atoms with E-state index >= 15 is 0 Å². The summed E-state index contributed by atoms with van der Waals surface area (Å²) >= 11 is 4.74. The van der Waals surface area contributed by atoms with Gasteiger partial charge in [-0.25, -0.2) is 0 Å². The third-order valence-corrected chi connectivity index (χ3v) is 7.48. The van der Waals surface area contributed by atoms with Gasteiger partial charge in [-0.3, -0.25) is 4.79 Å². The maximum Gasteiger partial charge on any atom is 0.233 e. The van der Waals surface area contributed by atoms with Gasteiger partial charge in [-0.05, 0) is 36.1 Å². The van der Waals surface area contributed by atoms with Crippen molar-refractivity contribution in [2.75, 3.05) is 0 Å². The first-order chi connectivity index (χ1) is 12.7. The highest BCUT2D eigenvalue weighted by Gasteiger charge is 2.26. The number of fused-ring (bicyclic) bond motifs is 1. The van der Waals surface area contributed by atoms with Crippen LogP contribution in [0.2, 0.25) is 0 Å². The molecule has 2 aromatic carbocycles. The lowest BCUT2D eigenvalue weighted by molar-refractivity contribution is -0.120. The van der Waals surface area contributed by atoms with Crippen LogP contribution in [0.1, 0.15) is 25.3 Å². The Labute approximate surface area is 165 Å². The zero-order valence-corrected chi connectivity index (χ0v) is 16.8. The maximum absolute atomic E-state index is 12.1. The molecule has 1 N–H and O–H groups in total. The molecule has 3 aromatic rings. The van der Waals surface area contributed by atoms with Crippen molar-refractivity contribution in [2.24, 2.45) is 0 Å². The lowest BCUT2D eigenvalue weighted by atomic mass is 10.1. The predicted octanol–water partition coefficient (Wildman–Crippen LogP) is 4.74. The standard InChI is InChI=1S/C19H19N3OS3/c1-12(17(23)20-15-9-10-15)25-19-22-21-18(26-19)24-11-14-7-4-6-13-5-2-3-8-16(13)14/h2-8,12,15H,9-11H2,1H3,(H,20,23)/t12-/m1/s1. The van der Waals surface area contributed by atoms with Gasteiger partial charge in [0.15, 0.2) is 8.68 Å². The predicted molar refractivity (Wildman–Crippen MR) is 110 cm³/mol. The van der Waals surface area contributed by atoms with Gasteiger partial charge in [-0.2, -0.15) is 0 Å². The molecule has 1 atom stereocenters. The van der Waals surface area contributed by atoms with Crippen molar-refractivity contribution < 1.29 is 4.79 Å². The van der Waals surface area contributed by atoms with Gasteiger partial charge in [-0.15, -0.1) is 10.2 Å². The van der Waals surface area contributed by atoms with Crippen LogP contribution in [0.5, 0.6) is 0 Å². The normalized spacial score (nSPS) is 15.1. The Hall–Kier alpha value is -1.57. The number of nitrogens with zero attached hydrogens (tertiary/aromatic N) is 2. The van der Waals surface area contributed by atoms with Gasteiger partial charge in [0.25, 0.3) is 0 Å². The topological polar surface area (TPSA) is 54.9 Å². The molecule has 4 nitrogen and oxygen atoms in total. The Bertz CT molecular complexity index is 918. The molecular formula is C19H19N3OS3. The first-order valence-corrected chi connectivity index (χ1v) is 11.3. The number of carbonyl (C=O) groups is 1. The highest BCUT2D eigenvalue weighted by molar-refractivity contribution is 8.03. The van der Waals surface area contributed by atoms with Crippen LogP contribution in [0, 0.1) is 0 Å². The monoisotopic (exact) mass is 401 g/mol. The molecule has 0 saturated heterocycles. The average molecular weight is 402 g/mol. The van der Waals surface area contributed by atoms with E-state index < -0.39 is 0 Å². The number of thioether (sulfide) groups is 2. The quantitative estimate of drug-likeness (QED) is 0.579. The minimum absolute atomic E-state index is 0.0951. The van der Waals surface area contributed by atoms with Gasteiger partial charge >= 0.3 is 0 Å². The van der Waals surface area contributed by atoms with Crippen LogP contribution in [-0.4, -0.2) is 27.4 Å². The van der Waals surface area contributed by atoms with Crippen LogP contribution >= 0.6 is 34.9 Å². The van der Waals surface area contributed by atoms with Gasteiger partial charge in [-0.1, -0.05) is 77.3 Å². The van der Waals surface area contributed by atoms with Crippen LogP contribution in [0.4, 0.5) is 0 Å². The lowest BCUT2D eigenvalue weighted by Crippen LogP contribution is -2.32. The largest absolute Gasteiger partial charge is 0.352 e. The molecule has 1 aliphatic rings. The molecule has 134 valence electrons. The maximum atomic E-state index is 12.1. The molecular weight excluding hydrogens is 382 g/mol. The van der Waals surface area contributed by atoms with Crippen molar-refractivity contribution in [1.82, 2.24) is 15.5 Å². The van der Waals surface area contributed by atoms with E-state index in [1.165, 1.54) is 28.1 Å². The zero-order valence-electron chi connectivity index (χ0n) is 14.3. The highest BCUT2D eigenvalue weighted by Crippen LogP contribution is 2.34. The van der Waals surface area contributed by atoms with E-state index in [2.05, 4.69) is 58.0 Å². The molecule has 1 saturated carbocycles. The molecule has 1 amide bonds. The van der Waals surface area contributed by atoms with Crippen molar-refractivity contribution in [3.05, 3.63) is 48.0 Å². The van der Waals surface area contributed by atoms with Crippen LogP contribution in [-0.2, 0) is 10.5 Å². The summed E-state index contributed by atoms with van der Waals surface area (Å²) in [6.45, 7) is 1.92. The Morgan fingerprint density at radius 3 is 2.81 bits per heavy atom. The van der Waals surface area contributed by atoms with Crippen molar-refractivity contribution in [2.45, 2.75) is 45.5 Å². The molecule has 1 fully saturated rings. The van der Waals surface area contributed by atoms with Crippen LogP contribution < -0.4 is 5.32 Å². The number of rotatable bonds is 7. The van der Waals surface area contributed by atoms with Crippen LogP contribution in [0.25, 0.3) is 10.8 Å². The molecule has 0 spiro atoms. The number of hydrogen-bond donors (Lipinski definition) is 1. The molecule has 0 radical (unpaired) electrons. The lowest BCUT2D eigenvalue weighted by Gasteiger charge is -2.08. The van der Waals surface area contributed by atoms with Crippen molar-refractivity contribution in [1.29, 1.82) is 0 Å². The third kappa shape index (κ3) is 4.39. The Morgan fingerprint density at radius 1 is 1.19 bits per heavy atom. The van der Waals surface area contributed by atoms with E-state index in [1.807, 2.05) is 6.92 Å². The molecule has 26 heavy (non-hydrogen) atoms. The van der Waals surface area contributed by atoms with Gasteiger partial charge in [0.05, 0.1) is 5.25 Å². The molecule has 1 aliphatic carbocycles. The Kier molecular flexibility index (Phi) is 5.47. The fraction of sp³-hybridized carbons (Fsp3) is 0.316. The van der Waals surface area contributed by atoms with Crippen molar-refractivity contribution >= 4 is 51.5 Å². The molecule has 1 heterocycles. The fourth-order valence-corrected chi connectivity index (χ4v) is 5.79. The summed E-state index contributed by atoms with van der Waals surface area (Å²) in [4.78, 5) is 12.1. The second kappa shape index (κ2) is 7.98. The van der Waals surface area contributed by atoms with Crippen LogP contribution in [0.3, 0.4) is 0 Å². The van der Waals surface area contributed by atoms with Gasteiger partial charge < -0.3 is 5.32 Å². The van der Waals surface area contributed by atoms with E-state index in [0.29, 0.717) is 6.04 Å². The van der Waals surface area contributed by atoms with E-state index in [0.717, 1.165) is 27.3 Å². The molecule has 0 unspecified atom stereocenters. The summed E-state index contributed by atoms with van der Waals surface area (Å²) in [5, 5.41) is 14.0. The summed E-state index contributed by atoms with van der Waals surface area (Å²) in [5.41, 5.74) is 1.30. The second-order valence-corrected chi connectivity index (χ2v) is 10.1. The Balaban J connectivity index is 1.36. The Morgan fingerprint density at radius 2 is 1.96 bits per heavy atom. The third-order valence-electron chi connectivity index (χ3n) is 4.19. The average Bonchev–Trinajstić information content (AvgIpc) is 3.36. The fourth-order valence-electron chi connectivity index (χ4n) is 2.61. The first-order valence-electron chi connectivity index (χ1n) is 8.59. The van der Waals surface area contributed by atoms with E-state index in [-0.39, 0.29) is 11.2 Å². The summed E-state index contributed by atoms with van der Waals surface area (Å²) in [5.74, 6) is 0.955. The van der Waals surface area contributed by atoms with Crippen LogP contribution in [0.15, 0.2) is 51.1 Å². The van der Waals surface area contributed by atoms with Crippen molar-refractivity contribution in [3.8, 4) is 0 Å². The number of benzene rings is 2. The summed E-state index contributed by atoms with van der Waals surface area (Å²) < 4.78 is 1.79. The van der Waals surface area contributed by atoms with E-state index in [4.69, 9.17) is 0 Å². The van der Waals surface area contributed by atoms with E-state index in [1.54, 1.807) is 23.1 Å². The molecule has 0 bridgehead atoms. The van der Waals surface area contributed by atoms with Gasteiger partial charge in [0, 0.05) is 11.8 Å². The smallest absolute Gasteiger partial charge is 0.233 e. The molecule has 0 aliphatic heterocycles. The van der Waals surface area contributed by atoms with Gasteiger partial charge in [0.1, 0.15) is 0 Å². The number of carbonyl (C=O) groups excluding carboxylic acids is 1. The number of hydrogen-bond acceptors (Lipinski definition) is 6. The summed E-state index contributed by atoms with van der Waals surface area (Å²) in [7, 11) is 0. The number of nitrogens with one attached hydrogen (secondary N) is 1. The number of aromatic nitrogens is 2. The minimum Gasteiger partial charge on any atom is -0.352 e.